The molecule has 3 aromatic rings. The summed E-state index contributed by atoms with van der Waals surface area (Å²) in [5.74, 6) is 7.93. The van der Waals surface area contributed by atoms with Crippen molar-refractivity contribution in [2.75, 3.05) is 32.7 Å². The molecule has 2 saturated heterocycles. The zero-order valence-corrected chi connectivity index (χ0v) is 24.8. The molecule has 4 aliphatic rings. The first-order valence-electron chi connectivity index (χ1n) is 16.1. The van der Waals surface area contributed by atoms with Gasteiger partial charge >= 0.3 is 0 Å². The van der Waals surface area contributed by atoms with Gasteiger partial charge < -0.3 is 15.2 Å². The van der Waals surface area contributed by atoms with Crippen molar-refractivity contribution < 1.29 is 0 Å². The fraction of sp³-hybridized carbons (Fsp3) is 0.618. The second kappa shape index (κ2) is 12.0. The lowest BCUT2D eigenvalue weighted by atomic mass is 9.78. The first kappa shape index (κ1) is 26.7. The van der Waals surface area contributed by atoms with E-state index < -0.39 is 0 Å². The summed E-state index contributed by atoms with van der Waals surface area (Å²) in [6.45, 7) is 6.52. The third-order valence-electron chi connectivity index (χ3n) is 10.1. The van der Waals surface area contributed by atoms with Gasteiger partial charge in [-0.3, -0.25) is 4.90 Å². The minimum atomic E-state index is 0.121. The summed E-state index contributed by atoms with van der Waals surface area (Å²) in [5.41, 5.74) is 3.73. The van der Waals surface area contributed by atoms with Crippen LogP contribution in [0, 0.1) is 17.8 Å². The van der Waals surface area contributed by atoms with E-state index in [-0.39, 0.29) is 5.54 Å². The van der Waals surface area contributed by atoms with Crippen molar-refractivity contribution in [2.45, 2.75) is 95.2 Å². The van der Waals surface area contributed by atoms with Gasteiger partial charge in [0.1, 0.15) is 10.7 Å². The highest BCUT2D eigenvalue weighted by molar-refractivity contribution is 7.15. The van der Waals surface area contributed by atoms with Crippen LogP contribution >= 0.6 is 11.3 Å². The highest BCUT2D eigenvalue weighted by Gasteiger charge is 2.43. The summed E-state index contributed by atoms with van der Waals surface area (Å²) >= 11 is 1.94. The van der Waals surface area contributed by atoms with Gasteiger partial charge in [-0.15, -0.1) is 11.3 Å². The topological polar surface area (TPSA) is 45.1 Å². The van der Waals surface area contributed by atoms with Crippen LogP contribution in [0.3, 0.4) is 0 Å². The smallest absolute Gasteiger partial charge is 0.129 e. The molecule has 2 N–H and O–H groups in total. The van der Waals surface area contributed by atoms with E-state index in [0.29, 0.717) is 6.04 Å². The average Bonchev–Trinajstić information content (AvgIpc) is 3.78. The van der Waals surface area contributed by atoms with Crippen molar-refractivity contribution in [3.05, 3.63) is 41.0 Å². The van der Waals surface area contributed by atoms with E-state index in [0.717, 1.165) is 42.8 Å². The second-order valence-electron chi connectivity index (χ2n) is 12.7. The molecule has 1 atom stereocenters. The molecule has 2 aromatic heterocycles. The average molecular weight is 556 g/mol. The Balaban J connectivity index is 1.20. The third kappa shape index (κ3) is 5.39. The Bertz CT molecular complexity index is 1350. The fourth-order valence-corrected chi connectivity index (χ4v) is 8.91. The molecule has 212 valence electrons. The summed E-state index contributed by atoms with van der Waals surface area (Å²) < 4.78 is 2.42. The zero-order chi connectivity index (χ0) is 26.8. The highest BCUT2D eigenvalue weighted by atomic mass is 32.1. The highest BCUT2D eigenvalue weighted by Crippen LogP contribution is 2.48. The minimum Gasteiger partial charge on any atom is -0.346 e. The Morgan fingerprint density at radius 3 is 2.65 bits per heavy atom. The number of hydrogen-bond donors (Lipinski definition) is 2. The van der Waals surface area contributed by atoms with Crippen LogP contribution in [0.15, 0.2) is 30.5 Å². The molecule has 0 amide bonds. The van der Waals surface area contributed by atoms with Gasteiger partial charge in [-0.1, -0.05) is 31.6 Å². The van der Waals surface area contributed by atoms with E-state index in [9.17, 15) is 0 Å². The molecular weight excluding hydrogens is 510 g/mol. The summed E-state index contributed by atoms with van der Waals surface area (Å²) in [6.07, 6.45) is 18.1. The molecule has 2 aliphatic carbocycles. The molecule has 0 spiro atoms. The molecule has 6 heteroatoms. The monoisotopic (exact) mass is 555 g/mol. The lowest BCUT2D eigenvalue weighted by Gasteiger charge is -2.44. The van der Waals surface area contributed by atoms with Crippen molar-refractivity contribution in [3.63, 3.8) is 0 Å². The van der Waals surface area contributed by atoms with Gasteiger partial charge in [0.25, 0.3) is 0 Å². The van der Waals surface area contributed by atoms with E-state index in [1.807, 2.05) is 11.3 Å². The van der Waals surface area contributed by atoms with E-state index in [1.54, 1.807) is 0 Å². The number of benzene rings is 1. The SMILES string of the molecule is C(#Cc1nc(-c2ccc3c(ccn3CC3CCCN3)c2)sc1C1(N2CCCC2)CCCCC1)CNCC1CCC1. The van der Waals surface area contributed by atoms with Crippen molar-refractivity contribution in [1.29, 1.82) is 0 Å². The minimum absolute atomic E-state index is 0.121. The van der Waals surface area contributed by atoms with Crippen LogP contribution in [-0.2, 0) is 12.1 Å². The van der Waals surface area contributed by atoms with Crippen LogP contribution in [0.1, 0.15) is 87.6 Å². The van der Waals surface area contributed by atoms with E-state index in [1.165, 1.54) is 111 Å². The number of likely N-dealkylation sites (tertiary alicyclic amines) is 1. The summed E-state index contributed by atoms with van der Waals surface area (Å²) in [6, 6.07) is 9.84. The summed E-state index contributed by atoms with van der Waals surface area (Å²) in [5, 5.41) is 9.69. The summed E-state index contributed by atoms with van der Waals surface area (Å²) in [7, 11) is 0. The van der Waals surface area contributed by atoms with Crippen LogP contribution in [-0.4, -0.2) is 53.2 Å². The van der Waals surface area contributed by atoms with Gasteiger partial charge in [0.15, 0.2) is 0 Å². The van der Waals surface area contributed by atoms with Gasteiger partial charge in [0.05, 0.1) is 17.0 Å². The molecule has 2 aliphatic heterocycles. The number of hydrogen-bond acceptors (Lipinski definition) is 5. The van der Waals surface area contributed by atoms with Gasteiger partial charge in [-0.25, -0.2) is 4.98 Å². The number of thiazole rings is 1. The Morgan fingerprint density at radius 2 is 1.88 bits per heavy atom. The lowest BCUT2D eigenvalue weighted by molar-refractivity contribution is 0.0736. The molecular formula is C34H45N5S. The number of aromatic nitrogens is 2. The molecule has 5 nitrogen and oxygen atoms in total. The maximum absolute atomic E-state index is 5.30. The lowest BCUT2D eigenvalue weighted by Crippen LogP contribution is -2.46. The van der Waals surface area contributed by atoms with Gasteiger partial charge in [-0.05, 0) is 114 Å². The normalized spacial score (nSPS) is 23.4. The maximum atomic E-state index is 5.30. The van der Waals surface area contributed by atoms with Crippen molar-refractivity contribution in [1.82, 2.24) is 25.1 Å². The molecule has 7 rings (SSSR count). The van der Waals surface area contributed by atoms with E-state index in [2.05, 4.69) is 62.4 Å². The summed E-state index contributed by atoms with van der Waals surface area (Å²) in [4.78, 5) is 9.56. The van der Waals surface area contributed by atoms with E-state index in [4.69, 9.17) is 4.98 Å². The predicted molar refractivity (Wildman–Crippen MR) is 167 cm³/mol. The third-order valence-corrected chi connectivity index (χ3v) is 11.4. The Kier molecular flexibility index (Phi) is 8.00. The van der Waals surface area contributed by atoms with Crippen LogP contribution in [0.25, 0.3) is 21.5 Å². The Morgan fingerprint density at radius 1 is 1.00 bits per heavy atom. The second-order valence-corrected chi connectivity index (χ2v) is 13.7. The Labute approximate surface area is 244 Å². The molecule has 1 unspecified atom stereocenters. The Hall–Kier alpha value is -2.17. The maximum Gasteiger partial charge on any atom is 0.129 e. The molecule has 4 fully saturated rings. The van der Waals surface area contributed by atoms with Gasteiger partial charge in [0, 0.05) is 35.2 Å². The number of nitrogens with zero attached hydrogens (tertiary/aromatic N) is 3. The van der Waals surface area contributed by atoms with Crippen LogP contribution < -0.4 is 10.6 Å². The molecule has 0 bridgehead atoms. The van der Waals surface area contributed by atoms with Crippen molar-refractivity contribution >= 4 is 22.2 Å². The molecule has 40 heavy (non-hydrogen) atoms. The number of fused-ring (bicyclic) bond motifs is 1. The standard InChI is InChI=1S/C34H45N5S/c1-2-16-34(17-3-1,39-20-4-5-21-39)32-30(12-8-18-35-24-26-9-6-10-26)37-33(40-32)28-13-14-31-27(23-28)15-22-38(31)25-29-11-7-19-36-29/h13-15,22-23,26,29,35-36H,1-7,9-11,16-21,24-25H2. The quantitative estimate of drug-likeness (QED) is 0.246. The van der Waals surface area contributed by atoms with Crippen LogP contribution in [0.2, 0.25) is 0 Å². The zero-order valence-electron chi connectivity index (χ0n) is 24.0. The van der Waals surface area contributed by atoms with E-state index >= 15 is 0 Å². The first-order valence-corrected chi connectivity index (χ1v) is 16.9. The van der Waals surface area contributed by atoms with Crippen molar-refractivity contribution in [3.8, 4) is 22.4 Å². The predicted octanol–water partition coefficient (Wildman–Crippen LogP) is 6.51. The first-order chi connectivity index (χ1) is 19.8. The van der Waals surface area contributed by atoms with Crippen LogP contribution in [0.4, 0.5) is 0 Å². The number of nitrogens with one attached hydrogen (secondary N) is 2. The largest absolute Gasteiger partial charge is 0.346 e. The van der Waals surface area contributed by atoms with Gasteiger partial charge in [0.2, 0.25) is 0 Å². The fourth-order valence-electron chi connectivity index (χ4n) is 7.62. The molecule has 2 saturated carbocycles. The number of rotatable bonds is 8. The molecule has 4 heterocycles. The van der Waals surface area contributed by atoms with Gasteiger partial charge in [-0.2, -0.15) is 0 Å². The van der Waals surface area contributed by atoms with Crippen LogP contribution in [0.5, 0.6) is 0 Å². The molecule has 1 aromatic carbocycles. The molecule has 0 radical (unpaired) electrons. The van der Waals surface area contributed by atoms with Crippen molar-refractivity contribution in [2.24, 2.45) is 5.92 Å².